The van der Waals surface area contributed by atoms with E-state index in [-0.39, 0.29) is 10.8 Å². The van der Waals surface area contributed by atoms with Gasteiger partial charge in [0.15, 0.2) is 11.5 Å². The molecule has 0 N–H and O–H groups in total. The second-order valence-corrected chi connectivity index (χ2v) is 18.6. The first-order valence-electron chi connectivity index (χ1n) is 22.6. The Kier molecular flexibility index (Phi) is 8.73. The summed E-state index contributed by atoms with van der Waals surface area (Å²) in [5.74, 6) is 1.70. The molecule has 0 bridgehead atoms. The van der Waals surface area contributed by atoms with E-state index >= 15 is 0 Å². The van der Waals surface area contributed by atoms with Crippen LogP contribution < -0.4 is 4.57 Å². The molecule has 2 heterocycles. The van der Waals surface area contributed by atoms with Crippen molar-refractivity contribution in [2.24, 2.45) is 7.05 Å². The number of hydrogen-bond acceptors (Lipinski definition) is 3. The number of nitrogens with zero attached hydrogens (tertiary/aromatic N) is 4. The summed E-state index contributed by atoms with van der Waals surface area (Å²) in [6.07, 6.45) is 0. The predicted octanol–water partition coefficient (Wildman–Crippen LogP) is 14.5. The molecule has 0 spiro atoms. The normalized spacial score (nSPS) is 13.9. The van der Waals surface area contributed by atoms with Crippen LogP contribution in [0.4, 0.5) is 0 Å². The van der Waals surface area contributed by atoms with Crippen LogP contribution in [0.1, 0.15) is 49.9 Å². The molecule has 2 aromatic heterocycles. The number of aromatic nitrogens is 4. The molecule has 0 saturated heterocycles. The fraction of sp³-hybridized carbons (Fsp3) is 0.115. The molecular formula is C61H47N4+. The summed E-state index contributed by atoms with van der Waals surface area (Å²) < 4.78 is 2.29. The fourth-order valence-electron chi connectivity index (χ4n) is 10.9. The first kappa shape index (κ1) is 38.8. The molecule has 310 valence electrons. The van der Waals surface area contributed by atoms with E-state index in [1.165, 1.54) is 72.1 Å². The largest absolute Gasteiger partial charge is 0.331 e. The van der Waals surface area contributed by atoms with E-state index in [0.29, 0.717) is 0 Å². The minimum absolute atomic E-state index is 0.216. The Hall–Kier alpha value is -7.82. The van der Waals surface area contributed by atoms with Gasteiger partial charge >= 0.3 is 5.82 Å². The highest BCUT2D eigenvalue weighted by Crippen LogP contribution is 2.53. The molecule has 0 fully saturated rings. The molecule has 10 aromatic rings. The van der Waals surface area contributed by atoms with Gasteiger partial charge < -0.3 is 0 Å². The van der Waals surface area contributed by atoms with Gasteiger partial charge in [0.2, 0.25) is 0 Å². The molecule has 2 aliphatic carbocycles. The minimum atomic E-state index is -0.247. The smallest absolute Gasteiger partial charge is 0.228 e. The maximum absolute atomic E-state index is 5.49. The average Bonchev–Trinajstić information content (AvgIpc) is 3.74. The standard InChI is InChI=1S/C61H47N4/c1-60(2)50-26-16-14-24-48(50)56-52(60)54(62-58(63-56)42-18-8-6-9-19-42)40-32-28-38(29-33-40)44-36-37-45(47-23-13-12-22-46(44)47)39-30-34-41(35-31-39)55-53-57(49-25-15-17-27-51(49)61(53,3)4)65(5)59(64-55)43-20-10-7-11-21-43/h6-37H,1-5H3/q+1. The summed E-state index contributed by atoms with van der Waals surface area (Å²) in [7, 11) is 2.16. The SMILES string of the molecule is C[n+]1c(-c2ccccc2)nc(-c2ccc(-c3ccc(-c4ccc(-c5nc(-c6ccccc6)nc6c5C(C)(C)c5ccccc5-6)cc4)c4ccccc34)cc2)c2c1-c1ccccc1C2(C)C. The van der Waals surface area contributed by atoms with E-state index in [9.17, 15) is 0 Å². The van der Waals surface area contributed by atoms with Crippen LogP contribution in [0.2, 0.25) is 0 Å². The van der Waals surface area contributed by atoms with Crippen LogP contribution >= 0.6 is 0 Å². The lowest BCUT2D eigenvalue weighted by Gasteiger charge is -2.24. The van der Waals surface area contributed by atoms with Crippen molar-refractivity contribution in [1.29, 1.82) is 0 Å². The van der Waals surface area contributed by atoms with Crippen molar-refractivity contribution in [3.8, 4) is 90.1 Å². The van der Waals surface area contributed by atoms with Gasteiger partial charge in [-0.3, -0.25) is 0 Å². The lowest BCUT2D eigenvalue weighted by atomic mass is 9.80. The van der Waals surface area contributed by atoms with E-state index in [0.717, 1.165) is 51.0 Å². The van der Waals surface area contributed by atoms with Crippen LogP contribution in [0, 0.1) is 0 Å². The van der Waals surface area contributed by atoms with Crippen molar-refractivity contribution in [2.45, 2.75) is 38.5 Å². The van der Waals surface area contributed by atoms with Crippen LogP contribution in [0.15, 0.2) is 194 Å². The number of benzene rings is 8. The lowest BCUT2D eigenvalue weighted by molar-refractivity contribution is -0.652. The lowest BCUT2D eigenvalue weighted by Crippen LogP contribution is -2.37. The van der Waals surface area contributed by atoms with Crippen LogP contribution in [0.5, 0.6) is 0 Å². The summed E-state index contributed by atoms with van der Waals surface area (Å²) >= 11 is 0. The maximum Gasteiger partial charge on any atom is 0.331 e. The van der Waals surface area contributed by atoms with Gasteiger partial charge in [-0.25, -0.2) is 14.5 Å². The van der Waals surface area contributed by atoms with Gasteiger partial charge in [-0.05, 0) is 73.4 Å². The number of rotatable bonds is 6. The monoisotopic (exact) mass is 835 g/mol. The highest BCUT2D eigenvalue weighted by atomic mass is 15.1. The van der Waals surface area contributed by atoms with Crippen molar-refractivity contribution in [2.75, 3.05) is 0 Å². The second kappa shape index (κ2) is 14.6. The van der Waals surface area contributed by atoms with Crippen molar-refractivity contribution >= 4 is 10.8 Å². The van der Waals surface area contributed by atoms with Gasteiger partial charge in [0.05, 0.1) is 29.6 Å². The Morgan fingerprint density at radius 1 is 0.338 bits per heavy atom. The summed E-state index contributed by atoms with van der Waals surface area (Å²) in [6.45, 7) is 9.27. The summed E-state index contributed by atoms with van der Waals surface area (Å²) in [4.78, 5) is 16.0. The summed E-state index contributed by atoms with van der Waals surface area (Å²) in [6, 6.07) is 69.9. The van der Waals surface area contributed by atoms with Crippen molar-refractivity contribution in [3.63, 3.8) is 0 Å². The van der Waals surface area contributed by atoms with E-state index in [4.69, 9.17) is 15.0 Å². The Morgan fingerprint density at radius 3 is 1.35 bits per heavy atom. The third kappa shape index (κ3) is 5.97. The zero-order valence-electron chi connectivity index (χ0n) is 37.3. The van der Waals surface area contributed by atoms with E-state index in [1.54, 1.807) is 0 Å². The Morgan fingerprint density at radius 2 is 0.769 bits per heavy atom. The van der Waals surface area contributed by atoms with Crippen LogP contribution in [-0.2, 0) is 17.9 Å². The molecule has 0 saturated carbocycles. The Balaban J connectivity index is 0.930. The van der Waals surface area contributed by atoms with Gasteiger partial charge in [0.1, 0.15) is 5.69 Å². The van der Waals surface area contributed by atoms with E-state index < -0.39 is 0 Å². The minimum Gasteiger partial charge on any atom is -0.228 e. The van der Waals surface area contributed by atoms with E-state index in [1.807, 2.05) is 6.07 Å². The molecular weight excluding hydrogens is 789 g/mol. The van der Waals surface area contributed by atoms with E-state index in [2.05, 4.69) is 227 Å². The molecule has 4 heteroatoms. The first-order valence-corrected chi connectivity index (χ1v) is 22.6. The van der Waals surface area contributed by atoms with Crippen molar-refractivity contribution < 1.29 is 4.57 Å². The number of fused-ring (bicyclic) bond motifs is 7. The Bertz CT molecular complexity index is 3510. The second-order valence-electron chi connectivity index (χ2n) is 18.6. The van der Waals surface area contributed by atoms with Gasteiger partial charge in [-0.1, -0.05) is 198 Å². The molecule has 65 heavy (non-hydrogen) atoms. The third-order valence-corrected chi connectivity index (χ3v) is 14.1. The highest BCUT2D eigenvalue weighted by Gasteiger charge is 2.45. The zero-order chi connectivity index (χ0) is 44.0. The fourth-order valence-corrected chi connectivity index (χ4v) is 10.9. The molecule has 0 unspecified atom stereocenters. The van der Waals surface area contributed by atoms with Gasteiger partial charge in [0.25, 0.3) is 0 Å². The quantitative estimate of drug-likeness (QED) is 0.157. The van der Waals surface area contributed by atoms with Crippen LogP contribution in [-0.4, -0.2) is 15.0 Å². The molecule has 2 aliphatic rings. The molecule has 0 radical (unpaired) electrons. The molecule has 4 nitrogen and oxygen atoms in total. The molecule has 0 amide bonds. The highest BCUT2D eigenvalue weighted by molar-refractivity contribution is 6.05. The molecule has 8 aromatic carbocycles. The van der Waals surface area contributed by atoms with Gasteiger partial charge in [0, 0.05) is 44.2 Å². The molecule has 0 aliphatic heterocycles. The zero-order valence-corrected chi connectivity index (χ0v) is 37.3. The average molecular weight is 836 g/mol. The molecule has 12 rings (SSSR count). The van der Waals surface area contributed by atoms with Crippen LogP contribution in [0.25, 0.3) is 101 Å². The van der Waals surface area contributed by atoms with Crippen molar-refractivity contribution in [3.05, 3.63) is 216 Å². The third-order valence-electron chi connectivity index (χ3n) is 14.1. The van der Waals surface area contributed by atoms with Gasteiger partial charge in [-0.15, -0.1) is 0 Å². The van der Waals surface area contributed by atoms with Gasteiger partial charge in [-0.2, -0.15) is 0 Å². The summed E-state index contributed by atoms with van der Waals surface area (Å²) in [5.41, 5.74) is 20.4. The molecule has 0 atom stereocenters. The number of hydrogen-bond donors (Lipinski definition) is 0. The first-order chi connectivity index (χ1) is 31.7. The predicted molar refractivity (Wildman–Crippen MR) is 266 cm³/mol. The topological polar surface area (TPSA) is 42.5 Å². The summed E-state index contributed by atoms with van der Waals surface area (Å²) in [5, 5.41) is 2.44. The van der Waals surface area contributed by atoms with Crippen molar-refractivity contribution in [1.82, 2.24) is 15.0 Å². The maximum atomic E-state index is 5.49. The van der Waals surface area contributed by atoms with Crippen LogP contribution in [0.3, 0.4) is 0 Å². The Labute approximate surface area is 380 Å².